The number of rotatable bonds is 4. The Morgan fingerprint density at radius 3 is 2.74 bits per heavy atom. The standard InChI is InChI=1S/C15H19F3N2O2.ClH/c1-22-12-5-4-10(13(7-12)15(16,17)18)9-20-14(21)11-3-2-6-19-8-11;/h4-5,7,11,19H,2-3,6,8-9H2,1H3,(H,20,21);1H. The third kappa shape index (κ3) is 5.28. The van der Waals surface area contributed by atoms with E-state index in [-0.39, 0.29) is 42.1 Å². The summed E-state index contributed by atoms with van der Waals surface area (Å²) in [5.74, 6) is -0.253. The van der Waals surface area contributed by atoms with Crippen LogP contribution in [0, 0.1) is 5.92 Å². The SMILES string of the molecule is COc1ccc(CNC(=O)C2CCCNC2)c(C(F)(F)F)c1.Cl. The van der Waals surface area contributed by atoms with E-state index in [1.54, 1.807) is 0 Å². The first kappa shape index (κ1) is 19.6. The molecule has 1 amide bonds. The van der Waals surface area contributed by atoms with Crippen molar-refractivity contribution in [3.8, 4) is 5.75 Å². The number of halogens is 4. The van der Waals surface area contributed by atoms with Crippen molar-refractivity contribution in [1.82, 2.24) is 10.6 Å². The molecule has 2 N–H and O–H groups in total. The molecule has 1 unspecified atom stereocenters. The topological polar surface area (TPSA) is 50.4 Å². The van der Waals surface area contributed by atoms with Gasteiger partial charge in [0.2, 0.25) is 5.91 Å². The Balaban J connectivity index is 0.00000264. The highest BCUT2D eigenvalue weighted by atomic mass is 35.5. The van der Waals surface area contributed by atoms with Crippen molar-refractivity contribution in [2.75, 3.05) is 20.2 Å². The Morgan fingerprint density at radius 1 is 1.43 bits per heavy atom. The summed E-state index contributed by atoms with van der Waals surface area (Å²) < 4.78 is 44.0. The normalized spacial score (nSPS) is 18.0. The molecule has 4 nitrogen and oxygen atoms in total. The van der Waals surface area contributed by atoms with Gasteiger partial charge in [0, 0.05) is 13.1 Å². The minimum atomic E-state index is -4.49. The maximum Gasteiger partial charge on any atom is 0.416 e. The van der Waals surface area contributed by atoms with Gasteiger partial charge in [0.05, 0.1) is 18.6 Å². The molecule has 1 aliphatic heterocycles. The summed E-state index contributed by atoms with van der Waals surface area (Å²) in [6, 6.07) is 3.74. The van der Waals surface area contributed by atoms with Crippen LogP contribution in [0.2, 0.25) is 0 Å². The molecule has 1 aromatic rings. The van der Waals surface area contributed by atoms with Gasteiger partial charge in [0.15, 0.2) is 0 Å². The number of ether oxygens (including phenoxy) is 1. The molecule has 1 heterocycles. The number of hydrogen-bond donors (Lipinski definition) is 2. The fraction of sp³-hybridized carbons (Fsp3) is 0.533. The summed E-state index contributed by atoms with van der Waals surface area (Å²) >= 11 is 0. The van der Waals surface area contributed by atoms with Crippen LogP contribution in [-0.4, -0.2) is 26.1 Å². The highest BCUT2D eigenvalue weighted by Gasteiger charge is 2.34. The number of hydrogen-bond acceptors (Lipinski definition) is 3. The largest absolute Gasteiger partial charge is 0.497 e. The molecule has 0 aliphatic carbocycles. The maximum absolute atomic E-state index is 13.1. The van der Waals surface area contributed by atoms with Gasteiger partial charge < -0.3 is 15.4 Å². The van der Waals surface area contributed by atoms with Gasteiger partial charge in [-0.2, -0.15) is 13.2 Å². The van der Waals surface area contributed by atoms with Crippen molar-refractivity contribution < 1.29 is 22.7 Å². The highest BCUT2D eigenvalue weighted by molar-refractivity contribution is 5.85. The molecule has 1 aliphatic rings. The number of piperidine rings is 1. The van der Waals surface area contributed by atoms with Gasteiger partial charge in [-0.25, -0.2) is 0 Å². The van der Waals surface area contributed by atoms with Crippen molar-refractivity contribution in [1.29, 1.82) is 0 Å². The van der Waals surface area contributed by atoms with Gasteiger partial charge in [0.25, 0.3) is 0 Å². The third-order valence-corrected chi connectivity index (χ3v) is 3.74. The maximum atomic E-state index is 13.1. The molecule has 23 heavy (non-hydrogen) atoms. The Hall–Kier alpha value is -1.47. The smallest absolute Gasteiger partial charge is 0.416 e. The average molecular weight is 353 g/mol. The Bertz CT molecular complexity index is 532. The van der Waals surface area contributed by atoms with E-state index in [0.29, 0.717) is 6.54 Å². The molecule has 0 spiro atoms. The molecule has 0 bridgehead atoms. The van der Waals surface area contributed by atoms with Gasteiger partial charge >= 0.3 is 6.18 Å². The molecule has 8 heteroatoms. The molecule has 1 aromatic carbocycles. The summed E-state index contributed by atoms with van der Waals surface area (Å²) in [6.45, 7) is 1.30. The first-order valence-electron chi connectivity index (χ1n) is 7.14. The van der Waals surface area contributed by atoms with E-state index < -0.39 is 11.7 Å². The first-order valence-corrected chi connectivity index (χ1v) is 7.14. The number of alkyl halides is 3. The zero-order valence-corrected chi connectivity index (χ0v) is 13.5. The molecular weight excluding hydrogens is 333 g/mol. The number of nitrogens with one attached hydrogen (secondary N) is 2. The summed E-state index contributed by atoms with van der Waals surface area (Å²) in [4.78, 5) is 12.0. The molecule has 1 saturated heterocycles. The Kier molecular flexibility index (Phi) is 7.15. The van der Waals surface area contributed by atoms with E-state index in [4.69, 9.17) is 4.74 Å². The number of benzene rings is 1. The monoisotopic (exact) mass is 352 g/mol. The van der Waals surface area contributed by atoms with Crippen LogP contribution in [0.4, 0.5) is 13.2 Å². The van der Waals surface area contributed by atoms with Gasteiger partial charge in [-0.1, -0.05) is 6.07 Å². The first-order chi connectivity index (χ1) is 10.4. The minimum absolute atomic E-state index is 0. The van der Waals surface area contributed by atoms with Gasteiger partial charge in [-0.15, -0.1) is 12.4 Å². The molecular formula is C15H20ClF3N2O2. The Labute approximate surface area is 139 Å². The second kappa shape index (κ2) is 8.40. The van der Waals surface area contributed by atoms with E-state index in [1.165, 1.54) is 19.2 Å². The van der Waals surface area contributed by atoms with E-state index in [2.05, 4.69) is 10.6 Å². The lowest BCUT2D eigenvalue weighted by atomic mass is 9.98. The molecule has 0 radical (unpaired) electrons. The minimum Gasteiger partial charge on any atom is -0.497 e. The van der Waals surface area contributed by atoms with Gasteiger partial charge in [-0.3, -0.25) is 4.79 Å². The molecule has 0 saturated carbocycles. The predicted molar refractivity (Wildman–Crippen MR) is 82.7 cm³/mol. The van der Waals surface area contributed by atoms with E-state index in [1.807, 2.05) is 0 Å². The molecule has 1 fully saturated rings. The molecule has 130 valence electrons. The average Bonchev–Trinajstić information content (AvgIpc) is 2.52. The molecule has 1 atom stereocenters. The third-order valence-electron chi connectivity index (χ3n) is 3.74. The van der Waals surface area contributed by atoms with E-state index in [9.17, 15) is 18.0 Å². The molecule has 2 rings (SSSR count). The van der Waals surface area contributed by atoms with E-state index in [0.717, 1.165) is 25.5 Å². The highest BCUT2D eigenvalue weighted by Crippen LogP contribution is 2.34. The summed E-state index contributed by atoms with van der Waals surface area (Å²) in [5.41, 5.74) is -0.751. The summed E-state index contributed by atoms with van der Waals surface area (Å²) in [5, 5.41) is 5.71. The number of carbonyl (C=O) groups is 1. The van der Waals surface area contributed by atoms with Crippen molar-refractivity contribution >= 4 is 18.3 Å². The van der Waals surface area contributed by atoms with Gasteiger partial charge in [-0.05, 0) is 37.1 Å². The fourth-order valence-corrected chi connectivity index (χ4v) is 2.50. The second-order valence-corrected chi connectivity index (χ2v) is 5.28. The van der Waals surface area contributed by atoms with Crippen LogP contribution in [0.5, 0.6) is 5.75 Å². The van der Waals surface area contributed by atoms with Crippen molar-refractivity contribution in [2.45, 2.75) is 25.6 Å². The van der Waals surface area contributed by atoms with Crippen molar-refractivity contribution in [3.05, 3.63) is 29.3 Å². The van der Waals surface area contributed by atoms with Crippen LogP contribution in [0.1, 0.15) is 24.0 Å². The van der Waals surface area contributed by atoms with Crippen LogP contribution >= 0.6 is 12.4 Å². The lowest BCUT2D eigenvalue weighted by Crippen LogP contribution is -2.40. The number of methoxy groups -OCH3 is 1. The van der Waals surface area contributed by atoms with Crippen LogP contribution in [0.15, 0.2) is 18.2 Å². The van der Waals surface area contributed by atoms with Crippen LogP contribution in [-0.2, 0) is 17.5 Å². The second-order valence-electron chi connectivity index (χ2n) is 5.28. The van der Waals surface area contributed by atoms with Gasteiger partial charge in [0.1, 0.15) is 5.75 Å². The Morgan fingerprint density at radius 2 is 2.17 bits per heavy atom. The van der Waals surface area contributed by atoms with E-state index >= 15 is 0 Å². The van der Waals surface area contributed by atoms with Crippen molar-refractivity contribution in [2.24, 2.45) is 5.92 Å². The molecule has 0 aromatic heterocycles. The summed E-state index contributed by atoms with van der Waals surface area (Å²) in [7, 11) is 1.31. The lowest BCUT2D eigenvalue weighted by Gasteiger charge is -2.22. The quantitative estimate of drug-likeness (QED) is 0.876. The zero-order chi connectivity index (χ0) is 16.2. The van der Waals surface area contributed by atoms with Crippen LogP contribution in [0.25, 0.3) is 0 Å². The van der Waals surface area contributed by atoms with Crippen molar-refractivity contribution in [3.63, 3.8) is 0 Å². The lowest BCUT2D eigenvalue weighted by molar-refractivity contribution is -0.138. The predicted octanol–water partition coefficient (Wildman–Crippen LogP) is 2.75. The fourth-order valence-electron chi connectivity index (χ4n) is 2.50. The number of amides is 1. The van der Waals surface area contributed by atoms with Crippen LogP contribution < -0.4 is 15.4 Å². The zero-order valence-electron chi connectivity index (χ0n) is 12.7. The number of carbonyl (C=O) groups excluding carboxylic acids is 1. The van der Waals surface area contributed by atoms with Crippen LogP contribution in [0.3, 0.4) is 0 Å². The summed E-state index contributed by atoms with van der Waals surface area (Å²) in [6.07, 6.45) is -2.83.